The minimum atomic E-state index is -0.197. The Hall–Kier alpha value is -2.21. The number of pyridine rings is 1. The standard InChI is InChI=1S/C11H8N4OS/c16-10(14-11-13-4-7-17-11)8-2-1-5-15-6-3-12-9(8)15/h1-7H,(H,13,14,16). The maximum absolute atomic E-state index is 12.0. The lowest BCUT2D eigenvalue weighted by molar-refractivity contribution is 0.102. The Bertz CT molecular complexity index is 659. The van der Waals surface area contributed by atoms with Crippen LogP contribution in [0.5, 0.6) is 0 Å². The van der Waals surface area contributed by atoms with Crippen LogP contribution in [0.1, 0.15) is 10.4 Å². The Morgan fingerprint density at radius 2 is 2.24 bits per heavy atom. The maximum Gasteiger partial charge on any atom is 0.261 e. The van der Waals surface area contributed by atoms with Crippen molar-refractivity contribution in [2.75, 3.05) is 5.32 Å². The van der Waals surface area contributed by atoms with Gasteiger partial charge in [0.2, 0.25) is 0 Å². The van der Waals surface area contributed by atoms with E-state index >= 15 is 0 Å². The van der Waals surface area contributed by atoms with E-state index in [4.69, 9.17) is 0 Å². The summed E-state index contributed by atoms with van der Waals surface area (Å²) in [6.07, 6.45) is 6.96. The molecule has 0 aromatic carbocycles. The third-order valence-corrected chi connectivity index (χ3v) is 3.01. The fourth-order valence-electron chi connectivity index (χ4n) is 1.58. The quantitative estimate of drug-likeness (QED) is 0.750. The van der Waals surface area contributed by atoms with Gasteiger partial charge in [-0.2, -0.15) is 0 Å². The molecule has 5 nitrogen and oxygen atoms in total. The van der Waals surface area contributed by atoms with Gasteiger partial charge in [0, 0.05) is 30.2 Å². The van der Waals surface area contributed by atoms with Crippen LogP contribution in [0.2, 0.25) is 0 Å². The van der Waals surface area contributed by atoms with E-state index in [-0.39, 0.29) is 5.91 Å². The van der Waals surface area contributed by atoms with E-state index in [1.165, 1.54) is 11.3 Å². The molecule has 3 heterocycles. The van der Waals surface area contributed by atoms with E-state index in [9.17, 15) is 4.79 Å². The number of nitrogens with one attached hydrogen (secondary N) is 1. The average molecular weight is 244 g/mol. The maximum atomic E-state index is 12.0. The molecule has 0 unspecified atom stereocenters. The van der Waals surface area contributed by atoms with E-state index in [1.807, 2.05) is 17.6 Å². The van der Waals surface area contributed by atoms with Gasteiger partial charge in [-0.15, -0.1) is 11.3 Å². The van der Waals surface area contributed by atoms with Crippen molar-refractivity contribution < 1.29 is 4.79 Å². The molecule has 1 N–H and O–H groups in total. The minimum Gasteiger partial charge on any atom is -0.306 e. The number of fused-ring (bicyclic) bond motifs is 1. The third kappa shape index (κ3) is 1.78. The zero-order chi connectivity index (χ0) is 11.7. The minimum absolute atomic E-state index is 0.197. The SMILES string of the molecule is O=C(Nc1nccs1)c1cccn2ccnc12. The lowest BCUT2D eigenvalue weighted by Crippen LogP contribution is -2.13. The normalized spacial score (nSPS) is 10.6. The largest absolute Gasteiger partial charge is 0.306 e. The topological polar surface area (TPSA) is 59.3 Å². The summed E-state index contributed by atoms with van der Waals surface area (Å²) in [5.74, 6) is -0.197. The van der Waals surface area contributed by atoms with Crippen LogP contribution in [-0.4, -0.2) is 20.3 Å². The van der Waals surface area contributed by atoms with Crippen molar-refractivity contribution in [1.82, 2.24) is 14.4 Å². The number of carbonyl (C=O) groups excluding carboxylic acids is 1. The number of thiazole rings is 1. The van der Waals surface area contributed by atoms with Crippen LogP contribution in [0, 0.1) is 0 Å². The van der Waals surface area contributed by atoms with Crippen molar-refractivity contribution in [1.29, 1.82) is 0 Å². The smallest absolute Gasteiger partial charge is 0.261 e. The zero-order valence-corrected chi connectivity index (χ0v) is 9.52. The van der Waals surface area contributed by atoms with Gasteiger partial charge in [0.25, 0.3) is 5.91 Å². The van der Waals surface area contributed by atoms with E-state index in [2.05, 4.69) is 15.3 Å². The molecule has 0 aliphatic carbocycles. The van der Waals surface area contributed by atoms with Gasteiger partial charge in [0.1, 0.15) is 5.65 Å². The third-order valence-electron chi connectivity index (χ3n) is 2.32. The van der Waals surface area contributed by atoms with Crippen LogP contribution >= 0.6 is 11.3 Å². The van der Waals surface area contributed by atoms with E-state index in [0.29, 0.717) is 16.3 Å². The molecular weight excluding hydrogens is 236 g/mol. The van der Waals surface area contributed by atoms with Crippen molar-refractivity contribution in [3.63, 3.8) is 0 Å². The Morgan fingerprint density at radius 1 is 1.29 bits per heavy atom. The number of rotatable bonds is 2. The molecule has 0 saturated carbocycles. The van der Waals surface area contributed by atoms with Gasteiger partial charge in [0.15, 0.2) is 5.13 Å². The van der Waals surface area contributed by atoms with Crippen LogP contribution in [0.25, 0.3) is 5.65 Å². The van der Waals surface area contributed by atoms with E-state index < -0.39 is 0 Å². The molecule has 0 aliphatic rings. The molecule has 0 fully saturated rings. The highest BCUT2D eigenvalue weighted by Gasteiger charge is 2.12. The van der Waals surface area contributed by atoms with Crippen LogP contribution in [-0.2, 0) is 0 Å². The number of carbonyl (C=O) groups is 1. The Balaban J connectivity index is 1.98. The van der Waals surface area contributed by atoms with Crippen molar-refractivity contribution in [2.45, 2.75) is 0 Å². The van der Waals surface area contributed by atoms with Crippen LogP contribution in [0.15, 0.2) is 42.3 Å². The first-order chi connectivity index (χ1) is 8.34. The van der Waals surface area contributed by atoms with Crippen molar-refractivity contribution in [2.24, 2.45) is 0 Å². The Morgan fingerprint density at radius 3 is 3.06 bits per heavy atom. The number of anilines is 1. The number of hydrogen-bond donors (Lipinski definition) is 1. The molecule has 0 bridgehead atoms. The highest BCUT2D eigenvalue weighted by Crippen LogP contribution is 2.14. The summed E-state index contributed by atoms with van der Waals surface area (Å²) in [6, 6.07) is 3.55. The highest BCUT2D eigenvalue weighted by atomic mass is 32.1. The molecule has 84 valence electrons. The number of aromatic nitrogens is 3. The van der Waals surface area contributed by atoms with Gasteiger partial charge in [-0.05, 0) is 12.1 Å². The average Bonchev–Trinajstić information content (AvgIpc) is 2.97. The number of hydrogen-bond acceptors (Lipinski definition) is 4. The fraction of sp³-hybridized carbons (Fsp3) is 0. The van der Waals surface area contributed by atoms with Crippen molar-refractivity contribution in [3.8, 4) is 0 Å². The predicted octanol–water partition coefficient (Wildman–Crippen LogP) is 2.04. The summed E-state index contributed by atoms with van der Waals surface area (Å²) in [7, 11) is 0. The lowest BCUT2D eigenvalue weighted by atomic mass is 10.2. The van der Waals surface area contributed by atoms with Gasteiger partial charge < -0.3 is 4.40 Å². The number of amides is 1. The predicted molar refractivity (Wildman–Crippen MR) is 65.3 cm³/mol. The molecule has 0 spiro atoms. The molecule has 3 rings (SSSR count). The molecule has 0 aliphatic heterocycles. The molecule has 1 amide bonds. The Kier molecular flexibility index (Phi) is 2.34. The molecule has 6 heteroatoms. The first kappa shape index (κ1) is 9.98. The second kappa shape index (κ2) is 3.99. The van der Waals surface area contributed by atoms with Crippen LogP contribution in [0.3, 0.4) is 0 Å². The molecule has 17 heavy (non-hydrogen) atoms. The molecular formula is C11H8N4OS. The van der Waals surface area contributed by atoms with Crippen LogP contribution < -0.4 is 5.32 Å². The monoisotopic (exact) mass is 244 g/mol. The zero-order valence-electron chi connectivity index (χ0n) is 8.70. The molecule has 3 aromatic rings. The van der Waals surface area contributed by atoms with Gasteiger partial charge in [-0.1, -0.05) is 0 Å². The van der Waals surface area contributed by atoms with Gasteiger partial charge in [-0.25, -0.2) is 9.97 Å². The number of imidazole rings is 1. The van der Waals surface area contributed by atoms with Crippen LogP contribution in [0.4, 0.5) is 5.13 Å². The van der Waals surface area contributed by atoms with E-state index in [0.717, 1.165) is 0 Å². The summed E-state index contributed by atoms with van der Waals surface area (Å²) < 4.78 is 1.80. The lowest BCUT2D eigenvalue weighted by Gasteiger charge is -2.03. The summed E-state index contributed by atoms with van der Waals surface area (Å²) in [6.45, 7) is 0. The summed E-state index contributed by atoms with van der Waals surface area (Å²) in [5, 5.41) is 5.13. The summed E-state index contributed by atoms with van der Waals surface area (Å²) in [5.41, 5.74) is 1.18. The fourth-order valence-corrected chi connectivity index (χ4v) is 2.10. The second-order valence-corrected chi connectivity index (χ2v) is 4.27. The first-order valence-corrected chi connectivity index (χ1v) is 5.85. The molecule has 0 radical (unpaired) electrons. The molecule has 0 atom stereocenters. The summed E-state index contributed by atoms with van der Waals surface area (Å²) >= 11 is 1.38. The van der Waals surface area contributed by atoms with Gasteiger partial charge in [0.05, 0.1) is 5.56 Å². The summed E-state index contributed by atoms with van der Waals surface area (Å²) in [4.78, 5) is 20.2. The molecule has 0 saturated heterocycles. The van der Waals surface area contributed by atoms with Gasteiger partial charge >= 0.3 is 0 Å². The second-order valence-electron chi connectivity index (χ2n) is 3.37. The van der Waals surface area contributed by atoms with Crippen molar-refractivity contribution >= 4 is 28.0 Å². The van der Waals surface area contributed by atoms with Gasteiger partial charge in [-0.3, -0.25) is 10.1 Å². The first-order valence-electron chi connectivity index (χ1n) is 4.97. The van der Waals surface area contributed by atoms with Crippen molar-refractivity contribution in [3.05, 3.63) is 47.9 Å². The molecule has 3 aromatic heterocycles. The highest BCUT2D eigenvalue weighted by molar-refractivity contribution is 7.13. The Labute approximate surface area is 101 Å². The van der Waals surface area contributed by atoms with E-state index in [1.54, 1.807) is 29.1 Å². The number of nitrogens with zero attached hydrogens (tertiary/aromatic N) is 3.